The molecular formula is C20H27NO3. The summed E-state index contributed by atoms with van der Waals surface area (Å²) in [7, 11) is 3.47. The van der Waals surface area contributed by atoms with Crippen LogP contribution in [0.5, 0.6) is 5.75 Å². The number of aromatic hydroxyl groups is 1. The molecule has 3 aliphatic carbocycles. The molecule has 4 rings (SSSR count). The van der Waals surface area contributed by atoms with Crippen LogP contribution in [0.4, 0.5) is 0 Å². The van der Waals surface area contributed by atoms with Crippen LogP contribution in [0.3, 0.4) is 0 Å². The van der Waals surface area contributed by atoms with E-state index in [4.69, 9.17) is 9.57 Å². The first-order valence-electron chi connectivity index (χ1n) is 9.03. The first-order chi connectivity index (χ1) is 11.6. The largest absolute Gasteiger partial charge is 0.508 e. The Morgan fingerprint density at radius 3 is 2.83 bits per heavy atom. The number of oxime groups is 1. The molecule has 0 bridgehead atoms. The molecule has 4 nitrogen and oxygen atoms in total. The quantitative estimate of drug-likeness (QED) is 0.838. The molecule has 1 aromatic carbocycles. The van der Waals surface area contributed by atoms with Crippen LogP contribution in [0.25, 0.3) is 0 Å². The number of ether oxygens (including phenoxy) is 1. The third-order valence-corrected chi connectivity index (χ3v) is 6.92. The normalized spacial score (nSPS) is 39.2. The number of aryl methyl sites for hydroxylation is 1. The molecule has 0 aliphatic heterocycles. The Balaban J connectivity index is 1.73. The number of phenolic OH excluding ortho intramolecular Hbond substituents is 1. The van der Waals surface area contributed by atoms with E-state index in [-0.39, 0.29) is 11.5 Å². The minimum absolute atomic E-state index is 0.0896. The van der Waals surface area contributed by atoms with Gasteiger partial charge in [-0.05, 0) is 66.7 Å². The first-order valence-corrected chi connectivity index (χ1v) is 9.03. The zero-order valence-corrected chi connectivity index (χ0v) is 14.8. The minimum atomic E-state index is 0.0896. The van der Waals surface area contributed by atoms with Crippen LogP contribution in [0.15, 0.2) is 23.4 Å². The smallest absolute Gasteiger partial charge is 0.115 e. The van der Waals surface area contributed by atoms with Gasteiger partial charge in [0.05, 0.1) is 11.8 Å². The highest BCUT2D eigenvalue weighted by Gasteiger charge is 2.58. The molecule has 5 unspecified atom stereocenters. The molecule has 0 saturated heterocycles. The molecule has 0 heterocycles. The van der Waals surface area contributed by atoms with Gasteiger partial charge in [0.1, 0.15) is 12.9 Å². The molecule has 4 heteroatoms. The summed E-state index contributed by atoms with van der Waals surface area (Å²) in [5.74, 6) is 2.08. The average Bonchev–Trinajstić information content (AvgIpc) is 2.87. The van der Waals surface area contributed by atoms with Crippen molar-refractivity contribution in [2.75, 3.05) is 14.2 Å². The summed E-state index contributed by atoms with van der Waals surface area (Å²) in [6, 6.07) is 5.94. The van der Waals surface area contributed by atoms with E-state index in [9.17, 15) is 5.11 Å². The van der Waals surface area contributed by atoms with Crippen molar-refractivity contribution in [3.63, 3.8) is 0 Å². The van der Waals surface area contributed by atoms with Gasteiger partial charge in [0.2, 0.25) is 0 Å². The standard InChI is InChI=1S/C20H27NO3/c1-20-9-8-15-14-7-5-13(22)10-12(14)4-6-16(15)19(20)17(23-2)11-18(20)21-24-3/h5,7,10,15-17,19,22H,4,6,8-9,11H2,1-3H3/b21-18+. The van der Waals surface area contributed by atoms with Gasteiger partial charge in [-0.1, -0.05) is 18.1 Å². The summed E-state index contributed by atoms with van der Waals surface area (Å²) < 4.78 is 5.90. The molecule has 1 N–H and O–H groups in total. The van der Waals surface area contributed by atoms with E-state index >= 15 is 0 Å². The van der Waals surface area contributed by atoms with Crippen LogP contribution in [-0.4, -0.2) is 31.1 Å². The number of rotatable bonds is 2. The Kier molecular flexibility index (Phi) is 3.83. The van der Waals surface area contributed by atoms with Crippen LogP contribution in [0.2, 0.25) is 0 Å². The fraction of sp³-hybridized carbons (Fsp3) is 0.650. The maximum atomic E-state index is 9.80. The van der Waals surface area contributed by atoms with Crippen molar-refractivity contribution in [2.45, 2.75) is 51.0 Å². The van der Waals surface area contributed by atoms with E-state index in [1.807, 2.05) is 19.2 Å². The lowest BCUT2D eigenvalue weighted by atomic mass is 9.55. The highest BCUT2D eigenvalue weighted by molar-refractivity contribution is 5.93. The van der Waals surface area contributed by atoms with Gasteiger partial charge in [0.25, 0.3) is 0 Å². The zero-order chi connectivity index (χ0) is 16.9. The molecule has 0 spiro atoms. The van der Waals surface area contributed by atoms with Gasteiger partial charge in [-0.2, -0.15) is 0 Å². The van der Waals surface area contributed by atoms with E-state index in [1.54, 1.807) is 7.11 Å². The molecule has 0 aromatic heterocycles. The lowest BCUT2D eigenvalue weighted by Gasteiger charge is -2.50. The van der Waals surface area contributed by atoms with Crippen LogP contribution in [0, 0.1) is 17.3 Å². The van der Waals surface area contributed by atoms with Crippen LogP contribution in [-0.2, 0) is 16.0 Å². The second-order valence-electron chi connectivity index (χ2n) is 7.87. The maximum absolute atomic E-state index is 9.80. The molecule has 1 aromatic rings. The van der Waals surface area contributed by atoms with Crippen LogP contribution >= 0.6 is 0 Å². The van der Waals surface area contributed by atoms with Gasteiger partial charge in [-0.15, -0.1) is 0 Å². The second kappa shape index (κ2) is 5.76. The highest BCUT2D eigenvalue weighted by Crippen LogP contribution is 2.60. The Hall–Kier alpha value is -1.55. The van der Waals surface area contributed by atoms with Gasteiger partial charge >= 0.3 is 0 Å². The van der Waals surface area contributed by atoms with E-state index < -0.39 is 0 Å². The van der Waals surface area contributed by atoms with Crippen molar-refractivity contribution < 1.29 is 14.7 Å². The Morgan fingerprint density at radius 1 is 1.25 bits per heavy atom. The lowest BCUT2D eigenvalue weighted by molar-refractivity contribution is -0.0221. The van der Waals surface area contributed by atoms with Crippen molar-refractivity contribution in [3.05, 3.63) is 29.3 Å². The third kappa shape index (κ3) is 2.19. The van der Waals surface area contributed by atoms with Crippen molar-refractivity contribution in [3.8, 4) is 5.75 Å². The number of benzene rings is 1. The Bertz CT molecular complexity index is 671. The maximum Gasteiger partial charge on any atom is 0.115 e. The topological polar surface area (TPSA) is 51.0 Å². The highest BCUT2D eigenvalue weighted by atomic mass is 16.6. The number of fused-ring (bicyclic) bond motifs is 5. The van der Waals surface area contributed by atoms with Gasteiger partial charge in [0.15, 0.2) is 0 Å². The summed E-state index contributed by atoms with van der Waals surface area (Å²) in [6.45, 7) is 2.36. The third-order valence-electron chi connectivity index (χ3n) is 6.92. The molecule has 0 amide bonds. The number of hydrogen-bond donors (Lipinski definition) is 1. The minimum Gasteiger partial charge on any atom is -0.508 e. The molecular weight excluding hydrogens is 302 g/mol. The lowest BCUT2D eigenvalue weighted by Crippen LogP contribution is -2.45. The van der Waals surface area contributed by atoms with E-state index in [0.717, 1.165) is 19.3 Å². The molecule has 2 saturated carbocycles. The monoisotopic (exact) mass is 329 g/mol. The molecule has 5 atom stereocenters. The van der Waals surface area contributed by atoms with Gasteiger partial charge in [0, 0.05) is 18.9 Å². The number of nitrogens with zero attached hydrogens (tertiary/aromatic N) is 1. The first kappa shape index (κ1) is 15.9. The van der Waals surface area contributed by atoms with Crippen LogP contribution in [0.1, 0.15) is 49.7 Å². The van der Waals surface area contributed by atoms with Gasteiger partial charge < -0.3 is 14.7 Å². The molecule has 3 aliphatic rings. The van der Waals surface area contributed by atoms with Crippen molar-refractivity contribution in [1.82, 2.24) is 0 Å². The fourth-order valence-corrected chi connectivity index (χ4v) is 5.87. The van der Waals surface area contributed by atoms with E-state index in [2.05, 4.69) is 18.1 Å². The SMILES string of the molecule is CO/N=C1\CC(OC)C2C3CCc4cc(O)ccc4C3CCC12C. The predicted octanol–water partition coefficient (Wildman–Crippen LogP) is 3.88. The molecule has 0 radical (unpaired) electrons. The number of phenols is 1. The number of methoxy groups -OCH3 is 1. The second-order valence-corrected chi connectivity index (χ2v) is 7.87. The zero-order valence-electron chi connectivity index (χ0n) is 14.8. The van der Waals surface area contributed by atoms with Crippen molar-refractivity contribution >= 4 is 5.71 Å². The molecule has 2 fully saturated rings. The summed E-state index contributed by atoms with van der Waals surface area (Å²) in [5.41, 5.74) is 4.04. The van der Waals surface area contributed by atoms with Crippen molar-refractivity contribution in [2.24, 2.45) is 22.4 Å². The Morgan fingerprint density at radius 2 is 2.08 bits per heavy atom. The summed E-state index contributed by atoms with van der Waals surface area (Å²) >= 11 is 0. The van der Waals surface area contributed by atoms with Gasteiger partial charge in [-0.3, -0.25) is 0 Å². The number of hydrogen-bond acceptors (Lipinski definition) is 4. The fourth-order valence-electron chi connectivity index (χ4n) is 5.87. The summed E-state index contributed by atoms with van der Waals surface area (Å²) in [6.07, 6.45) is 5.63. The predicted molar refractivity (Wildman–Crippen MR) is 93.3 cm³/mol. The van der Waals surface area contributed by atoms with E-state index in [0.29, 0.717) is 23.5 Å². The van der Waals surface area contributed by atoms with Crippen molar-refractivity contribution in [1.29, 1.82) is 0 Å². The van der Waals surface area contributed by atoms with Gasteiger partial charge in [-0.25, -0.2) is 0 Å². The molecule has 24 heavy (non-hydrogen) atoms. The van der Waals surface area contributed by atoms with E-state index in [1.165, 1.54) is 29.7 Å². The molecule has 130 valence electrons. The average molecular weight is 329 g/mol. The summed E-state index contributed by atoms with van der Waals surface area (Å²) in [4.78, 5) is 5.14. The Labute approximate surface area is 143 Å². The van der Waals surface area contributed by atoms with Crippen LogP contribution < -0.4 is 0 Å². The summed E-state index contributed by atoms with van der Waals surface area (Å²) in [5, 5.41) is 14.2.